The zero-order chi connectivity index (χ0) is 28.4. The summed E-state index contributed by atoms with van der Waals surface area (Å²) in [6, 6.07) is 17.3. The molecule has 0 aromatic heterocycles. The summed E-state index contributed by atoms with van der Waals surface area (Å²) >= 11 is 0. The van der Waals surface area contributed by atoms with E-state index in [1.54, 1.807) is 25.1 Å². The molecule has 0 saturated carbocycles. The van der Waals surface area contributed by atoms with Crippen molar-refractivity contribution in [2.24, 2.45) is 0 Å². The van der Waals surface area contributed by atoms with Gasteiger partial charge in [0.1, 0.15) is 12.4 Å². The Kier molecular flexibility index (Phi) is 7.67. The Labute approximate surface area is 229 Å². The molecule has 1 saturated heterocycles. The molecule has 9 heteroatoms. The standard InChI is InChI=1S/C31H28F3NO5/c1-19-7-12-25(40-18-20-5-3-2-4-6-20)24(17-19)28(36)26-27(21-8-10-22(11-9-21)31(32,33)34)35(30(38)29(26)37)23-13-15-39-16-14-23/h2-12,17,23,27,37H,13-16,18H2,1H3/t27-/m1/s1. The number of ketones is 1. The summed E-state index contributed by atoms with van der Waals surface area (Å²) < 4.78 is 51.3. The molecule has 1 N–H and O–H groups in total. The number of aliphatic hydroxyl groups is 1. The van der Waals surface area contributed by atoms with E-state index in [2.05, 4.69) is 0 Å². The van der Waals surface area contributed by atoms with E-state index in [-0.39, 0.29) is 29.5 Å². The maximum absolute atomic E-state index is 14.1. The molecule has 5 rings (SSSR count). The van der Waals surface area contributed by atoms with Crippen molar-refractivity contribution in [2.45, 2.75) is 44.6 Å². The molecule has 40 heavy (non-hydrogen) atoms. The van der Waals surface area contributed by atoms with Gasteiger partial charge in [-0.3, -0.25) is 9.59 Å². The third-order valence-corrected chi connectivity index (χ3v) is 7.24. The summed E-state index contributed by atoms with van der Waals surface area (Å²) in [5.74, 6) is -1.81. The van der Waals surface area contributed by atoms with E-state index in [9.17, 15) is 27.9 Å². The van der Waals surface area contributed by atoms with Crippen LogP contribution in [0.4, 0.5) is 13.2 Å². The number of carbonyl (C=O) groups is 2. The third kappa shape index (κ3) is 5.47. The molecule has 0 radical (unpaired) electrons. The highest BCUT2D eigenvalue weighted by Gasteiger charge is 2.47. The van der Waals surface area contributed by atoms with Crippen LogP contribution in [0.25, 0.3) is 0 Å². The second-order valence-electron chi connectivity index (χ2n) is 9.94. The molecule has 1 fully saturated rings. The lowest BCUT2D eigenvalue weighted by Gasteiger charge is -2.36. The molecule has 2 heterocycles. The quantitative estimate of drug-likeness (QED) is 0.347. The molecule has 3 aromatic carbocycles. The van der Waals surface area contributed by atoms with Gasteiger partial charge in [0.15, 0.2) is 11.5 Å². The number of benzene rings is 3. The van der Waals surface area contributed by atoms with Gasteiger partial charge in [0.05, 0.1) is 22.7 Å². The molecule has 2 aliphatic rings. The van der Waals surface area contributed by atoms with E-state index in [1.807, 2.05) is 30.3 Å². The lowest BCUT2D eigenvalue weighted by Crippen LogP contribution is -2.43. The second-order valence-corrected chi connectivity index (χ2v) is 9.94. The molecule has 0 bridgehead atoms. The number of aliphatic hydroxyl groups excluding tert-OH is 1. The highest BCUT2D eigenvalue weighted by molar-refractivity contribution is 6.17. The van der Waals surface area contributed by atoms with Crippen LogP contribution in [-0.4, -0.2) is 41.0 Å². The van der Waals surface area contributed by atoms with Crippen molar-refractivity contribution in [3.63, 3.8) is 0 Å². The Bertz CT molecular complexity index is 1430. The van der Waals surface area contributed by atoms with Crippen molar-refractivity contribution in [1.29, 1.82) is 0 Å². The molecule has 0 spiro atoms. The molecule has 0 aliphatic carbocycles. The maximum atomic E-state index is 14.1. The van der Waals surface area contributed by atoms with Gasteiger partial charge in [-0.2, -0.15) is 13.2 Å². The Morgan fingerprint density at radius 1 is 1.02 bits per heavy atom. The largest absolute Gasteiger partial charge is 0.503 e. The summed E-state index contributed by atoms with van der Waals surface area (Å²) in [5.41, 5.74) is 1.04. The highest BCUT2D eigenvalue weighted by Crippen LogP contribution is 2.43. The van der Waals surface area contributed by atoms with Crippen LogP contribution < -0.4 is 4.74 Å². The van der Waals surface area contributed by atoms with Gasteiger partial charge in [0.2, 0.25) is 0 Å². The first-order valence-corrected chi connectivity index (χ1v) is 13.0. The number of carbonyl (C=O) groups excluding carboxylic acids is 2. The SMILES string of the molecule is Cc1ccc(OCc2ccccc2)c(C(=O)C2=C(O)C(=O)N(C3CCOCC3)[C@@H]2c2ccc(C(F)(F)F)cc2)c1. The molecule has 2 aliphatic heterocycles. The van der Waals surface area contributed by atoms with Crippen LogP contribution in [0.3, 0.4) is 0 Å². The summed E-state index contributed by atoms with van der Waals surface area (Å²) in [4.78, 5) is 29.0. The van der Waals surface area contributed by atoms with Crippen molar-refractivity contribution < 1.29 is 37.3 Å². The van der Waals surface area contributed by atoms with Crippen molar-refractivity contribution in [3.8, 4) is 5.75 Å². The molecule has 208 valence electrons. The van der Waals surface area contributed by atoms with E-state index in [0.717, 1.165) is 23.3 Å². The molecule has 6 nitrogen and oxygen atoms in total. The topological polar surface area (TPSA) is 76.1 Å². The minimum absolute atomic E-state index is 0.149. The minimum Gasteiger partial charge on any atom is -0.503 e. The minimum atomic E-state index is -4.55. The van der Waals surface area contributed by atoms with Gasteiger partial charge >= 0.3 is 6.18 Å². The summed E-state index contributed by atoms with van der Waals surface area (Å²) in [6.07, 6.45) is -3.62. The molecule has 1 atom stereocenters. The van der Waals surface area contributed by atoms with Gasteiger partial charge in [-0.05, 0) is 55.2 Å². The number of alkyl halides is 3. The summed E-state index contributed by atoms with van der Waals surface area (Å²) in [5, 5.41) is 11.1. The molecule has 3 aromatic rings. The number of nitrogens with zero attached hydrogens (tertiary/aromatic N) is 1. The number of hydrogen-bond donors (Lipinski definition) is 1. The Balaban J connectivity index is 1.56. The van der Waals surface area contributed by atoms with Crippen LogP contribution >= 0.6 is 0 Å². The van der Waals surface area contributed by atoms with Gasteiger partial charge in [-0.25, -0.2) is 0 Å². The molecule has 1 amide bonds. The number of halogens is 3. The lowest BCUT2D eigenvalue weighted by atomic mass is 9.90. The average Bonchev–Trinajstić information content (AvgIpc) is 3.22. The van der Waals surface area contributed by atoms with Crippen LogP contribution in [0.2, 0.25) is 0 Å². The van der Waals surface area contributed by atoms with Crippen molar-refractivity contribution >= 4 is 11.7 Å². The normalized spacial score (nSPS) is 18.4. The highest BCUT2D eigenvalue weighted by atomic mass is 19.4. The maximum Gasteiger partial charge on any atom is 0.416 e. The fraction of sp³-hybridized carbons (Fsp3) is 0.290. The predicted molar refractivity (Wildman–Crippen MR) is 141 cm³/mol. The fourth-order valence-corrected chi connectivity index (χ4v) is 5.20. The van der Waals surface area contributed by atoms with E-state index >= 15 is 0 Å². The van der Waals surface area contributed by atoms with Crippen LogP contribution in [0, 0.1) is 6.92 Å². The van der Waals surface area contributed by atoms with Crippen LogP contribution in [0.15, 0.2) is 84.1 Å². The number of aryl methyl sites for hydroxylation is 1. The number of rotatable bonds is 7. The van der Waals surface area contributed by atoms with E-state index in [1.165, 1.54) is 17.0 Å². The van der Waals surface area contributed by atoms with Crippen molar-refractivity contribution in [3.05, 3.63) is 112 Å². The summed E-state index contributed by atoms with van der Waals surface area (Å²) in [7, 11) is 0. The van der Waals surface area contributed by atoms with Crippen molar-refractivity contribution in [2.75, 3.05) is 13.2 Å². The van der Waals surface area contributed by atoms with Gasteiger partial charge in [-0.15, -0.1) is 0 Å². The number of ether oxygens (including phenoxy) is 2. The first-order chi connectivity index (χ1) is 19.1. The van der Waals surface area contributed by atoms with E-state index in [0.29, 0.717) is 31.6 Å². The van der Waals surface area contributed by atoms with Gasteiger partial charge < -0.3 is 19.5 Å². The van der Waals surface area contributed by atoms with E-state index < -0.39 is 35.2 Å². The zero-order valence-electron chi connectivity index (χ0n) is 21.8. The first kappa shape index (κ1) is 27.5. The van der Waals surface area contributed by atoms with Crippen molar-refractivity contribution in [1.82, 2.24) is 4.90 Å². The third-order valence-electron chi connectivity index (χ3n) is 7.24. The van der Waals surface area contributed by atoms with Crippen LogP contribution in [-0.2, 0) is 22.3 Å². The molecular weight excluding hydrogens is 523 g/mol. The number of hydrogen-bond acceptors (Lipinski definition) is 5. The number of amides is 1. The van der Waals surface area contributed by atoms with Gasteiger partial charge in [0, 0.05) is 19.3 Å². The predicted octanol–water partition coefficient (Wildman–Crippen LogP) is 6.35. The lowest BCUT2D eigenvalue weighted by molar-refractivity contribution is -0.138. The summed E-state index contributed by atoms with van der Waals surface area (Å²) in [6.45, 7) is 2.75. The Morgan fingerprint density at radius 2 is 1.70 bits per heavy atom. The first-order valence-electron chi connectivity index (χ1n) is 13.0. The average molecular weight is 552 g/mol. The Hall–Kier alpha value is -4.11. The van der Waals surface area contributed by atoms with Crippen LogP contribution in [0.5, 0.6) is 5.75 Å². The van der Waals surface area contributed by atoms with E-state index in [4.69, 9.17) is 9.47 Å². The monoisotopic (exact) mass is 551 g/mol. The van der Waals surface area contributed by atoms with Gasteiger partial charge in [0.25, 0.3) is 5.91 Å². The fourth-order valence-electron chi connectivity index (χ4n) is 5.20. The van der Waals surface area contributed by atoms with Gasteiger partial charge in [-0.1, -0.05) is 54.1 Å². The van der Waals surface area contributed by atoms with Crippen LogP contribution in [0.1, 0.15) is 51.5 Å². The number of Topliss-reactive ketones (excluding diaryl/α,β-unsaturated/α-hetero) is 1. The Morgan fingerprint density at radius 3 is 2.35 bits per heavy atom. The molecule has 0 unspecified atom stereocenters. The second kappa shape index (κ2) is 11.2. The zero-order valence-corrected chi connectivity index (χ0v) is 21.8. The smallest absolute Gasteiger partial charge is 0.416 e. The molecular formula is C31H28F3NO5.